The standard InChI is InChI=1S/C17H14N2O/c1-19-16-6-4-3-5-11(16)9-14-13-10-12(20-2)7-8-15(13)18-17(14)19/h3-10H,1-2H3. The lowest BCUT2D eigenvalue weighted by Crippen LogP contribution is -1.98. The molecule has 0 radical (unpaired) electrons. The molecule has 20 heavy (non-hydrogen) atoms. The molecular formula is C17H14N2O. The Balaban J connectivity index is 2.19. The van der Waals surface area contributed by atoms with Crippen LogP contribution < -0.4 is 4.74 Å². The van der Waals surface area contributed by atoms with Crippen molar-refractivity contribution < 1.29 is 4.74 Å². The molecule has 2 aromatic rings. The molecule has 2 heterocycles. The van der Waals surface area contributed by atoms with Gasteiger partial charge in [-0.05, 0) is 35.7 Å². The van der Waals surface area contributed by atoms with Crippen molar-refractivity contribution in [1.82, 2.24) is 9.55 Å². The van der Waals surface area contributed by atoms with Gasteiger partial charge in [-0.25, -0.2) is 4.98 Å². The third-order valence-corrected chi connectivity index (χ3v) is 3.88. The van der Waals surface area contributed by atoms with Gasteiger partial charge in [0.1, 0.15) is 11.6 Å². The van der Waals surface area contributed by atoms with Gasteiger partial charge in [0.15, 0.2) is 0 Å². The minimum absolute atomic E-state index is 0.864. The summed E-state index contributed by atoms with van der Waals surface area (Å²) in [6.07, 6.45) is 0. The summed E-state index contributed by atoms with van der Waals surface area (Å²) in [6.45, 7) is 0. The van der Waals surface area contributed by atoms with E-state index in [1.165, 1.54) is 16.5 Å². The molecular weight excluding hydrogens is 248 g/mol. The molecule has 2 aliphatic rings. The van der Waals surface area contributed by atoms with Crippen LogP contribution in [-0.2, 0) is 7.05 Å². The van der Waals surface area contributed by atoms with E-state index < -0.39 is 0 Å². The number of hydrogen-bond donors (Lipinski definition) is 0. The minimum atomic E-state index is 0.864. The average Bonchev–Trinajstić information content (AvgIpc) is 2.86. The van der Waals surface area contributed by atoms with Crippen LogP contribution in [0.5, 0.6) is 5.75 Å². The van der Waals surface area contributed by atoms with Gasteiger partial charge < -0.3 is 9.30 Å². The first-order valence-corrected chi connectivity index (χ1v) is 6.60. The molecule has 0 unspecified atom stereocenters. The largest absolute Gasteiger partial charge is 0.497 e. The number of aromatic nitrogens is 2. The lowest BCUT2D eigenvalue weighted by atomic mass is 10.1. The van der Waals surface area contributed by atoms with Crippen LogP contribution in [0.1, 0.15) is 0 Å². The third-order valence-electron chi connectivity index (χ3n) is 3.88. The predicted molar refractivity (Wildman–Crippen MR) is 81.4 cm³/mol. The molecule has 3 heteroatoms. The highest BCUT2D eigenvalue weighted by atomic mass is 16.5. The van der Waals surface area contributed by atoms with Gasteiger partial charge >= 0.3 is 0 Å². The predicted octanol–water partition coefficient (Wildman–Crippen LogP) is 3.84. The Kier molecular flexibility index (Phi) is 2.24. The number of fused-ring (bicyclic) bond motifs is 4. The van der Waals surface area contributed by atoms with Crippen LogP contribution in [0.15, 0.2) is 48.5 Å². The number of rotatable bonds is 1. The summed E-state index contributed by atoms with van der Waals surface area (Å²) in [4.78, 5) is 4.75. The highest BCUT2D eigenvalue weighted by molar-refractivity contribution is 6.01. The van der Waals surface area contributed by atoms with Crippen LogP contribution in [0.4, 0.5) is 0 Å². The molecule has 3 nitrogen and oxygen atoms in total. The Labute approximate surface area is 116 Å². The van der Waals surface area contributed by atoms with Crippen molar-refractivity contribution in [3.05, 3.63) is 48.5 Å². The van der Waals surface area contributed by atoms with Gasteiger partial charge in [0.05, 0.1) is 12.6 Å². The molecule has 0 aliphatic carbocycles. The summed E-state index contributed by atoms with van der Waals surface area (Å²) in [5.74, 6) is 1.87. The number of nitrogens with zero attached hydrogens (tertiary/aromatic N) is 2. The topological polar surface area (TPSA) is 27.1 Å². The monoisotopic (exact) mass is 262 g/mol. The maximum atomic E-state index is 5.32. The van der Waals surface area contributed by atoms with Gasteiger partial charge in [-0.3, -0.25) is 0 Å². The molecule has 0 bridgehead atoms. The number of aryl methyl sites for hydroxylation is 1. The van der Waals surface area contributed by atoms with Crippen molar-refractivity contribution in [2.24, 2.45) is 7.05 Å². The van der Waals surface area contributed by atoms with E-state index in [9.17, 15) is 0 Å². The van der Waals surface area contributed by atoms with Crippen molar-refractivity contribution in [3.8, 4) is 17.1 Å². The molecule has 0 fully saturated rings. The van der Waals surface area contributed by atoms with Crippen LogP contribution in [-0.4, -0.2) is 16.7 Å². The number of pyridine rings is 1. The molecule has 0 spiro atoms. The van der Waals surface area contributed by atoms with Crippen LogP contribution >= 0.6 is 0 Å². The molecule has 4 rings (SSSR count). The van der Waals surface area contributed by atoms with Crippen LogP contribution in [0.2, 0.25) is 0 Å². The summed E-state index contributed by atoms with van der Waals surface area (Å²) in [5, 5.41) is 2.36. The van der Waals surface area contributed by atoms with Crippen molar-refractivity contribution in [3.63, 3.8) is 0 Å². The van der Waals surface area contributed by atoms with E-state index in [0.717, 1.165) is 22.5 Å². The molecule has 0 saturated carbocycles. The first-order chi connectivity index (χ1) is 9.78. The van der Waals surface area contributed by atoms with Gasteiger partial charge in [0.25, 0.3) is 0 Å². The van der Waals surface area contributed by atoms with Crippen molar-refractivity contribution in [1.29, 1.82) is 0 Å². The normalized spacial score (nSPS) is 11.5. The van der Waals surface area contributed by atoms with Gasteiger partial charge in [-0.1, -0.05) is 18.2 Å². The van der Waals surface area contributed by atoms with Crippen molar-refractivity contribution in [2.75, 3.05) is 7.11 Å². The quantitative estimate of drug-likeness (QED) is 0.521. The summed E-state index contributed by atoms with van der Waals surface area (Å²) in [7, 11) is 3.75. The summed E-state index contributed by atoms with van der Waals surface area (Å²) >= 11 is 0. The smallest absolute Gasteiger partial charge is 0.141 e. The number of ether oxygens (including phenoxy) is 1. The van der Waals surface area contributed by atoms with E-state index in [1.54, 1.807) is 7.11 Å². The van der Waals surface area contributed by atoms with Gasteiger partial charge in [-0.15, -0.1) is 0 Å². The van der Waals surface area contributed by atoms with E-state index >= 15 is 0 Å². The van der Waals surface area contributed by atoms with Crippen LogP contribution in [0.25, 0.3) is 33.2 Å². The zero-order chi connectivity index (χ0) is 13.7. The van der Waals surface area contributed by atoms with E-state index in [0.29, 0.717) is 0 Å². The number of para-hydroxylation sites is 1. The Hall–Kier alpha value is -2.55. The second-order valence-electron chi connectivity index (χ2n) is 4.99. The van der Waals surface area contributed by atoms with E-state index in [1.807, 2.05) is 12.1 Å². The molecule has 0 saturated heterocycles. The molecule has 0 N–H and O–H groups in total. The molecule has 98 valence electrons. The van der Waals surface area contributed by atoms with Gasteiger partial charge in [-0.2, -0.15) is 0 Å². The summed E-state index contributed by atoms with van der Waals surface area (Å²) in [6, 6.07) is 16.6. The number of methoxy groups -OCH3 is 1. The third kappa shape index (κ3) is 1.43. The lowest BCUT2D eigenvalue weighted by molar-refractivity contribution is 0.415. The molecule has 2 aromatic carbocycles. The maximum Gasteiger partial charge on any atom is 0.141 e. The minimum Gasteiger partial charge on any atom is -0.497 e. The fourth-order valence-electron chi connectivity index (χ4n) is 2.83. The van der Waals surface area contributed by atoms with Gasteiger partial charge in [0.2, 0.25) is 0 Å². The Morgan fingerprint density at radius 1 is 1.05 bits per heavy atom. The summed E-state index contributed by atoms with van der Waals surface area (Å²) < 4.78 is 7.47. The molecule has 0 atom stereocenters. The Morgan fingerprint density at radius 2 is 1.90 bits per heavy atom. The van der Waals surface area contributed by atoms with Crippen molar-refractivity contribution >= 4 is 21.8 Å². The van der Waals surface area contributed by atoms with E-state index in [-0.39, 0.29) is 0 Å². The zero-order valence-electron chi connectivity index (χ0n) is 11.4. The SMILES string of the molecule is COc1ccc2nc3n(C)c4ccccc4cc-3c2c1. The van der Waals surface area contributed by atoms with Crippen molar-refractivity contribution in [2.45, 2.75) is 0 Å². The second kappa shape index (κ2) is 3.97. The number of benzene rings is 2. The first-order valence-electron chi connectivity index (χ1n) is 6.60. The van der Waals surface area contributed by atoms with E-state index in [2.05, 4.69) is 48.0 Å². The van der Waals surface area contributed by atoms with Gasteiger partial charge in [0, 0.05) is 23.5 Å². The molecule has 2 aliphatic heterocycles. The fraction of sp³-hybridized carbons (Fsp3) is 0.118. The molecule has 0 amide bonds. The van der Waals surface area contributed by atoms with E-state index in [4.69, 9.17) is 9.72 Å². The highest BCUT2D eigenvalue weighted by Crippen LogP contribution is 2.35. The highest BCUT2D eigenvalue weighted by Gasteiger charge is 2.16. The first kappa shape index (κ1) is 11.3. The second-order valence-corrected chi connectivity index (χ2v) is 4.99. The fourth-order valence-corrected chi connectivity index (χ4v) is 2.83. The van der Waals surface area contributed by atoms with Crippen LogP contribution in [0.3, 0.4) is 0 Å². The van der Waals surface area contributed by atoms with Crippen LogP contribution in [0, 0.1) is 0 Å². The lowest BCUT2D eigenvalue weighted by Gasteiger charge is -2.11. The Morgan fingerprint density at radius 3 is 2.75 bits per heavy atom. The number of hydrogen-bond acceptors (Lipinski definition) is 2. The Bertz CT molecular complexity index is 908. The molecule has 0 aromatic heterocycles. The summed E-state index contributed by atoms with van der Waals surface area (Å²) in [5.41, 5.74) is 3.36. The zero-order valence-corrected chi connectivity index (χ0v) is 11.4. The maximum absolute atomic E-state index is 5.32. The average molecular weight is 262 g/mol.